The Morgan fingerprint density at radius 3 is 2.67 bits per heavy atom. The third-order valence-electron chi connectivity index (χ3n) is 3.40. The number of nitrogens with two attached hydrogens (primary N) is 1. The van der Waals surface area contributed by atoms with E-state index in [1.54, 1.807) is 19.2 Å². The van der Waals surface area contributed by atoms with Gasteiger partial charge in [-0.2, -0.15) is 0 Å². The molecule has 0 aromatic heterocycles. The van der Waals surface area contributed by atoms with Crippen molar-refractivity contribution < 1.29 is 9.13 Å². The monoisotopic (exact) mass is 352 g/mol. The molecule has 0 aliphatic rings. The largest absolute Gasteiger partial charge is 0.496 e. The van der Waals surface area contributed by atoms with Crippen LogP contribution in [0.25, 0.3) is 0 Å². The van der Waals surface area contributed by atoms with E-state index in [0.29, 0.717) is 16.5 Å². The highest BCUT2D eigenvalue weighted by Gasteiger charge is 2.17. The van der Waals surface area contributed by atoms with Gasteiger partial charge in [0.05, 0.1) is 13.2 Å². The Morgan fingerprint density at radius 1 is 1.29 bits per heavy atom. The van der Waals surface area contributed by atoms with Crippen molar-refractivity contribution in [1.29, 1.82) is 0 Å². The molecule has 1 unspecified atom stereocenters. The maximum absolute atomic E-state index is 14.1. The van der Waals surface area contributed by atoms with Gasteiger partial charge in [-0.3, -0.25) is 11.3 Å². The Bertz CT molecular complexity index is 634. The fourth-order valence-corrected chi connectivity index (χ4v) is 2.66. The van der Waals surface area contributed by atoms with E-state index in [9.17, 15) is 4.39 Å². The molecule has 2 aromatic carbocycles. The van der Waals surface area contributed by atoms with Crippen LogP contribution in [0.5, 0.6) is 5.75 Å². The first-order valence-electron chi connectivity index (χ1n) is 6.59. The van der Waals surface area contributed by atoms with E-state index in [2.05, 4.69) is 21.4 Å². The van der Waals surface area contributed by atoms with E-state index < -0.39 is 0 Å². The molecule has 0 heterocycles. The van der Waals surface area contributed by atoms with Gasteiger partial charge < -0.3 is 4.74 Å². The van der Waals surface area contributed by atoms with E-state index >= 15 is 0 Å². The molecule has 112 valence electrons. The number of hydrazine groups is 1. The Labute approximate surface area is 132 Å². The summed E-state index contributed by atoms with van der Waals surface area (Å²) in [5.41, 5.74) is 5.33. The lowest BCUT2D eigenvalue weighted by molar-refractivity contribution is 0.404. The summed E-state index contributed by atoms with van der Waals surface area (Å²) in [6.45, 7) is 2.01. The van der Waals surface area contributed by atoms with Crippen LogP contribution in [0.2, 0.25) is 0 Å². The summed E-state index contributed by atoms with van der Waals surface area (Å²) in [4.78, 5) is 0. The molecule has 0 aliphatic heterocycles. The first kappa shape index (κ1) is 15.9. The number of rotatable bonds is 5. The lowest BCUT2D eigenvalue weighted by atomic mass is 9.97. The second-order valence-electron chi connectivity index (χ2n) is 4.90. The highest BCUT2D eigenvalue weighted by molar-refractivity contribution is 9.10. The van der Waals surface area contributed by atoms with E-state index in [-0.39, 0.29) is 11.9 Å². The lowest BCUT2D eigenvalue weighted by Gasteiger charge is -2.19. The third kappa shape index (κ3) is 3.81. The Morgan fingerprint density at radius 2 is 2.05 bits per heavy atom. The van der Waals surface area contributed by atoms with Gasteiger partial charge in [-0.25, -0.2) is 4.39 Å². The van der Waals surface area contributed by atoms with Crippen molar-refractivity contribution in [2.75, 3.05) is 7.11 Å². The van der Waals surface area contributed by atoms with Crippen LogP contribution in [0.4, 0.5) is 4.39 Å². The third-order valence-corrected chi connectivity index (χ3v) is 3.89. The van der Waals surface area contributed by atoms with Gasteiger partial charge in [-0.15, -0.1) is 0 Å². The minimum absolute atomic E-state index is 0.293. The molecule has 5 heteroatoms. The molecular weight excluding hydrogens is 335 g/mol. The number of nitrogens with one attached hydrogen (secondary N) is 1. The molecule has 0 bridgehead atoms. The van der Waals surface area contributed by atoms with Crippen LogP contribution in [0, 0.1) is 12.7 Å². The molecule has 3 nitrogen and oxygen atoms in total. The van der Waals surface area contributed by atoms with Gasteiger partial charge in [-0.05, 0) is 37.1 Å². The Kier molecular flexibility index (Phi) is 5.33. The molecule has 2 aromatic rings. The van der Waals surface area contributed by atoms with Gasteiger partial charge in [-0.1, -0.05) is 39.7 Å². The van der Waals surface area contributed by atoms with Gasteiger partial charge in [0.25, 0.3) is 0 Å². The molecule has 21 heavy (non-hydrogen) atoms. The van der Waals surface area contributed by atoms with Crippen LogP contribution in [0.3, 0.4) is 0 Å². The molecule has 1 atom stereocenters. The van der Waals surface area contributed by atoms with Crippen molar-refractivity contribution in [1.82, 2.24) is 5.43 Å². The summed E-state index contributed by atoms with van der Waals surface area (Å²) in [6, 6.07) is 10.6. The van der Waals surface area contributed by atoms with Crippen LogP contribution < -0.4 is 16.0 Å². The van der Waals surface area contributed by atoms with E-state index in [1.807, 2.05) is 25.1 Å². The molecule has 0 amide bonds. The van der Waals surface area contributed by atoms with Crippen molar-refractivity contribution >= 4 is 15.9 Å². The van der Waals surface area contributed by atoms with Crippen LogP contribution >= 0.6 is 15.9 Å². The lowest BCUT2D eigenvalue weighted by Crippen LogP contribution is -2.30. The molecule has 0 spiro atoms. The predicted molar refractivity (Wildman–Crippen MR) is 85.6 cm³/mol. The van der Waals surface area contributed by atoms with Crippen molar-refractivity contribution in [3.63, 3.8) is 0 Å². The minimum Gasteiger partial charge on any atom is -0.496 e. The maximum atomic E-state index is 14.1. The first-order chi connectivity index (χ1) is 10.0. The quantitative estimate of drug-likeness (QED) is 0.637. The number of benzene rings is 2. The van der Waals surface area contributed by atoms with Gasteiger partial charge >= 0.3 is 0 Å². The zero-order chi connectivity index (χ0) is 15.4. The number of aryl methyl sites for hydroxylation is 1. The average Bonchev–Trinajstić information content (AvgIpc) is 2.45. The van der Waals surface area contributed by atoms with Gasteiger partial charge in [0.15, 0.2) is 0 Å². The SMILES string of the molecule is COc1ccc(C)cc1CC(NN)c1ccc(Br)cc1F. The number of hydrogen-bond acceptors (Lipinski definition) is 3. The topological polar surface area (TPSA) is 47.3 Å². The number of hydrogen-bond donors (Lipinski definition) is 2. The number of methoxy groups -OCH3 is 1. The maximum Gasteiger partial charge on any atom is 0.129 e. The Balaban J connectivity index is 2.33. The average molecular weight is 353 g/mol. The van der Waals surface area contributed by atoms with E-state index in [0.717, 1.165) is 16.9 Å². The fourth-order valence-electron chi connectivity index (χ4n) is 2.33. The van der Waals surface area contributed by atoms with Crippen molar-refractivity contribution in [3.8, 4) is 5.75 Å². The molecule has 0 aliphatic carbocycles. The van der Waals surface area contributed by atoms with Crippen molar-refractivity contribution in [2.45, 2.75) is 19.4 Å². The highest BCUT2D eigenvalue weighted by atomic mass is 79.9. The summed E-state index contributed by atoms with van der Waals surface area (Å²) >= 11 is 3.25. The number of ether oxygens (including phenoxy) is 1. The molecule has 0 fully saturated rings. The predicted octanol–water partition coefficient (Wildman–Crippen LogP) is 3.65. The summed E-state index contributed by atoms with van der Waals surface area (Å²) in [6.07, 6.45) is 0.542. The van der Waals surface area contributed by atoms with Crippen LogP contribution in [0.15, 0.2) is 40.9 Å². The second-order valence-corrected chi connectivity index (χ2v) is 5.82. The molecule has 0 saturated heterocycles. The van der Waals surface area contributed by atoms with Crippen LogP contribution in [-0.2, 0) is 6.42 Å². The standard InChI is InChI=1S/C16H18BrFN2O/c1-10-3-6-16(21-2)11(7-10)8-15(20-19)13-5-4-12(17)9-14(13)18/h3-7,9,15,20H,8,19H2,1-2H3. The zero-order valence-electron chi connectivity index (χ0n) is 12.0. The Hall–Kier alpha value is -1.43. The van der Waals surface area contributed by atoms with Gasteiger partial charge in [0.1, 0.15) is 11.6 Å². The normalized spacial score (nSPS) is 12.2. The minimum atomic E-state index is -0.325. The first-order valence-corrected chi connectivity index (χ1v) is 7.39. The molecule has 0 radical (unpaired) electrons. The molecular formula is C16H18BrFN2O. The molecule has 3 N–H and O–H groups in total. The summed E-state index contributed by atoms with van der Waals surface area (Å²) < 4.78 is 20.2. The fraction of sp³-hybridized carbons (Fsp3) is 0.250. The zero-order valence-corrected chi connectivity index (χ0v) is 13.6. The summed E-state index contributed by atoms with van der Waals surface area (Å²) in [5.74, 6) is 6.10. The van der Waals surface area contributed by atoms with Gasteiger partial charge in [0, 0.05) is 10.0 Å². The number of halogens is 2. The van der Waals surface area contributed by atoms with E-state index in [4.69, 9.17) is 10.6 Å². The molecule has 0 saturated carbocycles. The van der Waals surface area contributed by atoms with Crippen LogP contribution in [-0.4, -0.2) is 7.11 Å². The van der Waals surface area contributed by atoms with E-state index in [1.165, 1.54) is 6.07 Å². The van der Waals surface area contributed by atoms with Crippen molar-refractivity contribution in [2.24, 2.45) is 5.84 Å². The second kappa shape index (κ2) is 7.02. The highest BCUT2D eigenvalue weighted by Crippen LogP contribution is 2.28. The van der Waals surface area contributed by atoms with Gasteiger partial charge in [0.2, 0.25) is 0 Å². The van der Waals surface area contributed by atoms with Crippen molar-refractivity contribution in [3.05, 3.63) is 63.4 Å². The molecule has 2 rings (SSSR count). The summed E-state index contributed by atoms with van der Waals surface area (Å²) in [5, 5.41) is 0. The van der Waals surface area contributed by atoms with Crippen LogP contribution in [0.1, 0.15) is 22.7 Å². The summed E-state index contributed by atoms with van der Waals surface area (Å²) in [7, 11) is 1.62. The smallest absolute Gasteiger partial charge is 0.129 e.